The Morgan fingerprint density at radius 1 is 1.41 bits per heavy atom. The number of nitrogens with two attached hydrogens (primary N) is 1. The molecule has 0 bridgehead atoms. The number of benzene rings is 1. The summed E-state index contributed by atoms with van der Waals surface area (Å²) in [6.07, 6.45) is 2.61. The minimum Gasteiger partial charge on any atom is -0.486 e. The Kier molecular flexibility index (Phi) is 9.70. The number of hydrogen-bond donors (Lipinski definition) is 3. The summed E-state index contributed by atoms with van der Waals surface area (Å²) >= 11 is 0. The summed E-state index contributed by atoms with van der Waals surface area (Å²) in [5.74, 6) is 0.367. The number of carbonyl (C=O) groups is 1. The van der Waals surface area contributed by atoms with E-state index in [1.807, 2.05) is 13.8 Å². The van der Waals surface area contributed by atoms with Gasteiger partial charge in [0.25, 0.3) is 0 Å². The van der Waals surface area contributed by atoms with Crippen molar-refractivity contribution in [3.05, 3.63) is 30.1 Å². The fourth-order valence-electron chi connectivity index (χ4n) is 3.36. The molecule has 8 heteroatoms. The summed E-state index contributed by atoms with van der Waals surface area (Å²) in [5.41, 5.74) is 5.44. The van der Waals surface area contributed by atoms with Crippen molar-refractivity contribution in [2.24, 2.45) is 16.6 Å². The molecule has 1 aliphatic rings. The lowest BCUT2D eigenvalue weighted by Crippen LogP contribution is -2.43. The van der Waals surface area contributed by atoms with Gasteiger partial charge in [-0.25, -0.2) is 9.38 Å². The second-order valence-corrected chi connectivity index (χ2v) is 7.40. The van der Waals surface area contributed by atoms with E-state index < -0.39 is 0 Å². The van der Waals surface area contributed by atoms with E-state index in [1.165, 1.54) is 6.07 Å². The molecule has 1 amide bonds. The van der Waals surface area contributed by atoms with E-state index in [-0.39, 0.29) is 29.5 Å². The lowest BCUT2D eigenvalue weighted by atomic mass is 9.97. The normalized spacial score (nSPS) is 18.9. The van der Waals surface area contributed by atoms with Crippen LogP contribution >= 0.6 is 0 Å². The molecule has 1 aliphatic heterocycles. The molecule has 7 nitrogen and oxygen atoms in total. The molecule has 0 aromatic heterocycles. The van der Waals surface area contributed by atoms with Crippen LogP contribution in [0.2, 0.25) is 0 Å². The highest BCUT2D eigenvalue weighted by atomic mass is 19.1. The van der Waals surface area contributed by atoms with Gasteiger partial charge in [-0.3, -0.25) is 4.79 Å². The second-order valence-electron chi connectivity index (χ2n) is 7.40. The molecular formula is C21H34FN5O2. The second kappa shape index (κ2) is 12.3. The lowest BCUT2D eigenvalue weighted by molar-refractivity contribution is -0.123. The first kappa shape index (κ1) is 22.9. The number of guanidine groups is 1. The van der Waals surface area contributed by atoms with Gasteiger partial charge < -0.3 is 26.0 Å². The van der Waals surface area contributed by atoms with Gasteiger partial charge in [0.1, 0.15) is 6.10 Å². The predicted molar refractivity (Wildman–Crippen MR) is 113 cm³/mol. The molecule has 2 atom stereocenters. The minimum atomic E-state index is -0.371. The largest absolute Gasteiger partial charge is 0.486 e. The van der Waals surface area contributed by atoms with Crippen molar-refractivity contribution in [2.75, 3.05) is 39.3 Å². The zero-order chi connectivity index (χ0) is 21.1. The number of nitrogens with zero attached hydrogens (tertiary/aromatic N) is 2. The van der Waals surface area contributed by atoms with Crippen LogP contribution in [0.4, 0.5) is 4.39 Å². The van der Waals surface area contributed by atoms with Crippen molar-refractivity contribution in [2.45, 2.75) is 39.2 Å². The number of piperidine rings is 1. The van der Waals surface area contributed by atoms with Gasteiger partial charge in [-0.05, 0) is 58.3 Å². The third kappa shape index (κ3) is 8.27. The third-order valence-corrected chi connectivity index (χ3v) is 4.87. The number of carbonyl (C=O) groups excluding carboxylic acids is 1. The average molecular weight is 408 g/mol. The Labute approximate surface area is 172 Å². The molecule has 1 heterocycles. The van der Waals surface area contributed by atoms with E-state index in [0.29, 0.717) is 12.5 Å². The number of likely N-dealkylation sites (tertiary alicyclic amines) is 1. The fraction of sp³-hybridized carbons (Fsp3) is 0.619. The van der Waals surface area contributed by atoms with Gasteiger partial charge >= 0.3 is 0 Å². The van der Waals surface area contributed by atoms with Crippen molar-refractivity contribution in [1.82, 2.24) is 15.5 Å². The van der Waals surface area contributed by atoms with Gasteiger partial charge in [-0.1, -0.05) is 12.1 Å². The van der Waals surface area contributed by atoms with Crippen LogP contribution in [0.3, 0.4) is 0 Å². The van der Waals surface area contributed by atoms with Crippen LogP contribution in [0, 0.1) is 11.7 Å². The Morgan fingerprint density at radius 3 is 2.93 bits per heavy atom. The first-order valence-corrected chi connectivity index (χ1v) is 10.4. The summed E-state index contributed by atoms with van der Waals surface area (Å²) in [4.78, 5) is 18.2. The molecule has 1 aromatic rings. The topological polar surface area (TPSA) is 92.0 Å². The third-order valence-electron chi connectivity index (χ3n) is 4.87. The van der Waals surface area contributed by atoms with Crippen LogP contribution in [-0.4, -0.2) is 62.1 Å². The molecular weight excluding hydrogens is 373 g/mol. The molecule has 1 aromatic carbocycles. The van der Waals surface area contributed by atoms with E-state index in [2.05, 4.69) is 20.5 Å². The Morgan fingerprint density at radius 2 is 2.21 bits per heavy atom. The summed E-state index contributed by atoms with van der Waals surface area (Å²) in [5, 5.41) is 6.52. The maximum Gasteiger partial charge on any atom is 0.221 e. The van der Waals surface area contributed by atoms with E-state index in [4.69, 9.17) is 10.5 Å². The predicted octanol–water partition coefficient (Wildman–Crippen LogP) is 1.74. The summed E-state index contributed by atoms with van der Waals surface area (Å²) < 4.78 is 19.3. The zero-order valence-corrected chi connectivity index (χ0v) is 17.5. The molecule has 0 aliphatic carbocycles. The first-order chi connectivity index (χ1) is 14.0. The van der Waals surface area contributed by atoms with Crippen LogP contribution < -0.4 is 21.1 Å². The van der Waals surface area contributed by atoms with Crippen molar-refractivity contribution in [1.29, 1.82) is 0 Å². The molecule has 162 valence electrons. The summed E-state index contributed by atoms with van der Waals surface area (Å²) in [6.45, 7) is 8.50. The number of primary amides is 1. The van der Waals surface area contributed by atoms with Gasteiger partial charge in [0.2, 0.25) is 5.91 Å². The van der Waals surface area contributed by atoms with Gasteiger partial charge in [0.15, 0.2) is 17.5 Å². The standard InChI is InChI=1S/C21H34FN5O2/c1-3-24-21(26-14-16(2)29-19-10-5-4-9-18(19)22)25-11-7-13-27-12-6-8-17(15-27)20(23)28/h4-5,9-10,16-17H,3,6-8,11-15H2,1-2H3,(H2,23,28)(H2,24,25,26). The maximum atomic E-state index is 13.7. The maximum absolute atomic E-state index is 13.7. The number of halogens is 1. The molecule has 2 rings (SSSR count). The molecule has 1 saturated heterocycles. The van der Waals surface area contributed by atoms with Crippen molar-refractivity contribution >= 4 is 11.9 Å². The number of ether oxygens (including phenoxy) is 1. The van der Waals surface area contributed by atoms with Crippen molar-refractivity contribution in [3.8, 4) is 5.75 Å². The Hall–Kier alpha value is -2.35. The van der Waals surface area contributed by atoms with Gasteiger partial charge in [0.05, 0.1) is 12.5 Å². The van der Waals surface area contributed by atoms with Gasteiger partial charge in [-0.2, -0.15) is 0 Å². The minimum absolute atomic E-state index is 0.0217. The van der Waals surface area contributed by atoms with Crippen molar-refractivity contribution in [3.63, 3.8) is 0 Å². The first-order valence-electron chi connectivity index (χ1n) is 10.4. The van der Waals surface area contributed by atoms with Gasteiger partial charge in [-0.15, -0.1) is 0 Å². The van der Waals surface area contributed by atoms with E-state index >= 15 is 0 Å². The van der Waals surface area contributed by atoms with Crippen LogP contribution in [0.25, 0.3) is 0 Å². The van der Waals surface area contributed by atoms with Crippen LogP contribution in [0.5, 0.6) is 5.75 Å². The molecule has 4 N–H and O–H groups in total. The molecule has 29 heavy (non-hydrogen) atoms. The molecule has 1 fully saturated rings. The number of hydrogen-bond acceptors (Lipinski definition) is 4. The summed E-state index contributed by atoms with van der Waals surface area (Å²) in [7, 11) is 0. The van der Waals surface area contributed by atoms with E-state index in [0.717, 1.165) is 52.0 Å². The van der Waals surface area contributed by atoms with Crippen LogP contribution in [0.15, 0.2) is 29.3 Å². The number of aliphatic imine (C=N–C) groups is 1. The number of rotatable bonds is 10. The molecule has 0 spiro atoms. The average Bonchev–Trinajstić information content (AvgIpc) is 2.71. The van der Waals surface area contributed by atoms with E-state index in [9.17, 15) is 9.18 Å². The molecule has 0 saturated carbocycles. The fourth-order valence-corrected chi connectivity index (χ4v) is 3.36. The number of para-hydroxylation sites is 1. The molecule has 2 unspecified atom stereocenters. The van der Waals surface area contributed by atoms with Crippen molar-refractivity contribution < 1.29 is 13.9 Å². The zero-order valence-electron chi connectivity index (χ0n) is 17.5. The smallest absolute Gasteiger partial charge is 0.221 e. The monoisotopic (exact) mass is 407 g/mol. The highest BCUT2D eigenvalue weighted by molar-refractivity contribution is 5.79. The van der Waals surface area contributed by atoms with Gasteiger partial charge in [0, 0.05) is 19.6 Å². The molecule has 0 radical (unpaired) electrons. The lowest BCUT2D eigenvalue weighted by Gasteiger charge is -2.31. The summed E-state index contributed by atoms with van der Waals surface area (Å²) in [6, 6.07) is 6.37. The Bertz CT molecular complexity index is 670. The van der Waals surface area contributed by atoms with Crippen LogP contribution in [-0.2, 0) is 4.79 Å². The number of amides is 1. The Balaban J connectivity index is 1.73. The highest BCUT2D eigenvalue weighted by Crippen LogP contribution is 2.17. The van der Waals surface area contributed by atoms with E-state index in [1.54, 1.807) is 18.2 Å². The highest BCUT2D eigenvalue weighted by Gasteiger charge is 2.23. The number of nitrogens with one attached hydrogen (secondary N) is 2. The quantitative estimate of drug-likeness (QED) is 0.312. The van der Waals surface area contributed by atoms with Crippen LogP contribution in [0.1, 0.15) is 33.1 Å². The SMILES string of the molecule is CCNC(=NCC(C)Oc1ccccc1F)NCCCN1CCCC(C(N)=O)C1.